The van der Waals surface area contributed by atoms with Crippen LogP contribution in [-0.4, -0.2) is 25.2 Å². The van der Waals surface area contributed by atoms with Crippen molar-refractivity contribution in [2.45, 2.75) is 129 Å². The number of unbranched alkanes of at least 4 members (excludes halogenated alkanes) is 10. The van der Waals surface area contributed by atoms with Gasteiger partial charge in [-0.2, -0.15) is 0 Å². The molecule has 1 aliphatic rings. The third kappa shape index (κ3) is 13.1. The largest absolute Gasteiger partial charge is 0.465 e. The minimum Gasteiger partial charge on any atom is -0.465 e. The molecular formula is C26H46O4. The predicted molar refractivity (Wildman–Crippen MR) is 123 cm³/mol. The quantitative estimate of drug-likeness (QED) is 0.139. The van der Waals surface area contributed by atoms with Gasteiger partial charge in [0.1, 0.15) is 0 Å². The monoisotopic (exact) mass is 422 g/mol. The van der Waals surface area contributed by atoms with E-state index >= 15 is 0 Å². The van der Waals surface area contributed by atoms with Crippen molar-refractivity contribution in [2.75, 3.05) is 13.2 Å². The lowest BCUT2D eigenvalue weighted by Crippen LogP contribution is -2.17. The summed E-state index contributed by atoms with van der Waals surface area (Å²) in [5.41, 5.74) is 1.69. The summed E-state index contributed by atoms with van der Waals surface area (Å²) in [7, 11) is 0. The van der Waals surface area contributed by atoms with E-state index in [4.69, 9.17) is 9.47 Å². The highest BCUT2D eigenvalue weighted by Gasteiger charge is 2.22. The fourth-order valence-corrected chi connectivity index (χ4v) is 4.02. The number of carbonyl (C=O) groups excluding carboxylic acids is 2. The van der Waals surface area contributed by atoms with Crippen molar-refractivity contribution in [3.8, 4) is 0 Å². The number of allylic oxidation sites excluding steroid dienone is 1. The summed E-state index contributed by atoms with van der Waals surface area (Å²) in [5.74, 6) is -0.579. The smallest absolute Gasteiger partial charge is 0.334 e. The van der Waals surface area contributed by atoms with Crippen LogP contribution in [0, 0.1) is 0 Å². The maximum Gasteiger partial charge on any atom is 0.334 e. The van der Waals surface area contributed by atoms with Gasteiger partial charge in [0.15, 0.2) is 0 Å². The molecule has 0 bridgehead atoms. The van der Waals surface area contributed by atoms with Crippen LogP contribution in [0.1, 0.15) is 129 Å². The molecule has 0 spiro atoms. The Kier molecular flexibility index (Phi) is 16.4. The third-order valence-corrected chi connectivity index (χ3v) is 5.94. The standard InChI is InChI=1S/C26H46O4/c1-3-5-7-9-11-16-20-29-25(27)22-24(23-18-14-13-15-19-23)26(28)30-21-17-12-10-8-6-4-2/h3-22H2,1-2H3. The van der Waals surface area contributed by atoms with Crippen molar-refractivity contribution in [2.24, 2.45) is 0 Å². The van der Waals surface area contributed by atoms with Gasteiger partial charge in [0.05, 0.1) is 19.6 Å². The zero-order valence-electron chi connectivity index (χ0n) is 19.8. The summed E-state index contributed by atoms with van der Waals surface area (Å²) >= 11 is 0. The van der Waals surface area contributed by atoms with Crippen LogP contribution in [0.3, 0.4) is 0 Å². The van der Waals surface area contributed by atoms with E-state index in [1.165, 1.54) is 57.8 Å². The Balaban J connectivity index is 2.39. The van der Waals surface area contributed by atoms with Gasteiger partial charge in [0.25, 0.3) is 0 Å². The molecule has 0 saturated heterocycles. The van der Waals surface area contributed by atoms with E-state index in [1.54, 1.807) is 0 Å². The first-order valence-electron chi connectivity index (χ1n) is 12.7. The second-order valence-electron chi connectivity index (χ2n) is 8.71. The normalized spacial score (nSPS) is 13.9. The molecular weight excluding hydrogens is 376 g/mol. The van der Waals surface area contributed by atoms with Gasteiger partial charge in [-0.15, -0.1) is 0 Å². The molecule has 1 rings (SSSR count). The Labute approximate surface area is 185 Å². The Morgan fingerprint density at radius 1 is 0.667 bits per heavy atom. The lowest BCUT2D eigenvalue weighted by Gasteiger charge is -2.18. The zero-order valence-corrected chi connectivity index (χ0v) is 19.8. The van der Waals surface area contributed by atoms with Crippen molar-refractivity contribution in [1.29, 1.82) is 0 Å². The number of ether oxygens (including phenoxy) is 2. The summed E-state index contributed by atoms with van der Waals surface area (Å²) in [5, 5.41) is 0. The van der Waals surface area contributed by atoms with Crippen molar-refractivity contribution in [3.63, 3.8) is 0 Å². The van der Waals surface area contributed by atoms with E-state index in [-0.39, 0.29) is 18.4 Å². The lowest BCUT2D eigenvalue weighted by molar-refractivity contribution is -0.146. The van der Waals surface area contributed by atoms with Crippen LogP contribution in [0.4, 0.5) is 0 Å². The van der Waals surface area contributed by atoms with Crippen LogP contribution in [0.2, 0.25) is 0 Å². The summed E-state index contributed by atoms with van der Waals surface area (Å²) in [6.45, 7) is 5.33. The molecule has 4 nitrogen and oxygen atoms in total. The van der Waals surface area contributed by atoms with Crippen molar-refractivity contribution >= 4 is 11.9 Å². The van der Waals surface area contributed by atoms with Crippen LogP contribution < -0.4 is 0 Å². The first-order valence-corrected chi connectivity index (χ1v) is 12.7. The topological polar surface area (TPSA) is 52.6 Å². The van der Waals surface area contributed by atoms with Gasteiger partial charge in [-0.3, -0.25) is 4.79 Å². The SMILES string of the molecule is CCCCCCCCOC(=O)CC(C(=O)OCCCCCCCC)=C1CCCCC1. The molecule has 0 amide bonds. The molecule has 0 N–H and O–H groups in total. The van der Waals surface area contributed by atoms with E-state index in [9.17, 15) is 9.59 Å². The zero-order chi connectivity index (χ0) is 21.9. The molecule has 1 saturated carbocycles. The van der Waals surface area contributed by atoms with Crippen LogP contribution in [-0.2, 0) is 19.1 Å². The van der Waals surface area contributed by atoms with E-state index in [1.807, 2.05) is 0 Å². The Bertz CT molecular complexity index is 487. The van der Waals surface area contributed by atoms with Gasteiger partial charge in [-0.05, 0) is 38.5 Å². The maximum absolute atomic E-state index is 12.7. The number of esters is 2. The molecule has 0 aromatic heterocycles. The molecule has 0 radical (unpaired) electrons. The molecule has 0 aliphatic heterocycles. The molecule has 0 heterocycles. The molecule has 30 heavy (non-hydrogen) atoms. The van der Waals surface area contributed by atoms with E-state index in [2.05, 4.69) is 13.8 Å². The highest BCUT2D eigenvalue weighted by Crippen LogP contribution is 2.28. The summed E-state index contributed by atoms with van der Waals surface area (Å²) < 4.78 is 11.0. The van der Waals surface area contributed by atoms with E-state index < -0.39 is 0 Å². The Morgan fingerprint density at radius 2 is 1.17 bits per heavy atom. The van der Waals surface area contributed by atoms with Gasteiger partial charge < -0.3 is 9.47 Å². The molecule has 4 heteroatoms. The molecule has 0 atom stereocenters. The number of carbonyl (C=O) groups is 2. The van der Waals surface area contributed by atoms with Gasteiger partial charge >= 0.3 is 11.9 Å². The summed E-state index contributed by atoms with van der Waals surface area (Å²) in [6.07, 6.45) is 19.2. The minimum atomic E-state index is -0.294. The lowest BCUT2D eigenvalue weighted by atomic mass is 9.90. The Hall–Kier alpha value is -1.32. The average molecular weight is 423 g/mol. The van der Waals surface area contributed by atoms with Crippen LogP contribution in [0.5, 0.6) is 0 Å². The number of hydrogen-bond acceptors (Lipinski definition) is 4. The van der Waals surface area contributed by atoms with Crippen molar-refractivity contribution in [1.82, 2.24) is 0 Å². The van der Waals surface area contributed by atoms with Crippen LogP contribution >= 0.6 is 0 Å². The van der Waals surface area contributed by atoms with Crippen LogP contribution in [0.15, 0.2) is 11.1 Å². The van der Waals surface area contributed by atoms with Gasteiger partial charge in [-0.25, -0.2) is 4.79 Å². The van der Waals surface area contributed by atoms with Crippen molar-refractivity contribution < 1.29 is 19.1 Å². The molecule has 1 fully saturated rings. The molecule has 1 aliphatic carbocycles. The maximum atomic E-state index is 12.7. The van der Waals surface area contributed by atoms with E-state index in [0.29, 0.717) is 18.8 Å². The molecule has 0 unspecified atom stereocenters. The minimum absolute atomic E-state index is 0.0699. The number of hydrogen-bond donors (Lipinski definition) is 0. The van der Waals surface area contributed by atoms with E-state index in [0.717, 1.165) is 56.9 Å². The average Bonchev–Trinajstić information content (AvgIpc) is 2.76. The van der Waals surface area contributed by atoms with Crippen molar-refractivity contribution in [3.05, 3.63) is 11.1 Å². The second kappa shape index (κ2) is 18.4. The third-order valence-electron chi connectivity index (χ3n) is 5.94. The molecule has 174 valence electrons. The Morgan fingerprint density at radius 3 is 1.73 bits per heavy atom. The number of rotatable bonds is 17. The summed E-state index contributed by atoms with van der Waals surface area (Å²) in [6, 6.07) is 0. The predicted octanol–water partition coefficient (Wildman–Crippen LogP) is 7.44. The highest BCUT2D eigenvalue weighted by molar-refractivity contribution is 5.94. The highest BCUT2D eigenvalue weighted by atomic mass is 16.5. The molecule has 0 aromatic carbocycles. The first kappa shape index (κ1) is 26.7. The van der Waals surface area contributed by atoms with Gasteiger partial charge in [0.2, 0.25) is 0 Å². The van der Waals surface area contributed by atoms with Crippen LogP contribution in [0.25, 0.3) is 0 Å². The molecule has 0 aromatic rings. The second-order valence-corrected chi connectivity index (χ2v) is 8.71. The first-order chi connectivity index (χ1) is 14.7. The fourth-order valence-electron chi connectivity index (χ4n) is 4.02. The summed E-state index contributed by atoms with van der Waals surface area (Å²) in [4.78, 5) is 25.1. The van der Waals surface area contributed by atoms with Gasteiger partial charge in [0, 0.05) is 5.57 Å². The van der Waals surface area contributed by atoms with Gasteiger partial charge in [-0.1, -0.05) is 90.0 Å². The fraction of sp³-hybridized carbons (Fsp3) is 0.846.